The third kappa shape index (κ3) is 4.38. The molecule has 0 aliphatic carbocycles. The molecule has 2 aliphatic rings. The van der Waals surface area contributed by atoms with Gasteiger partial charge in [-0.15, -0.1) is 24.2 Å². The molecule has 2 atom stereocenters. The molecule has 1 fully saturated rings. The fourth-order valence-corrected chi connectivity index (χ4v) is 3.55. The number of hydrogen-bond donors (Lipinski definition) is 4. The monoisotopic (exact) mass is 357 g/mol. The van der Waals surface area contributed by atoms with Crippen molar-refractivity contribution in [1.82, 2.24) is 10.6 Å². The topological polar surface area (TPSA) is 90.5 Å². The number of thioether (sulfide) groups is 1. The summed E-state index contributed by atoms with van der Waals surface area (Å²) in [5, 5.41) is 18.5. The van der Waals surface area contributed by atoms with Crippen LogP contribution in [0.25, 0.3) is 0 Å². The van der Waals surface area contributed by atoms with Gasteiger partial charge in [0.2, 0.25) is 5.91 Å². The Labute approximate surface area is 145 Å². The number of carbonyl (C=O) groups is 2. The van der Waals surface area contributed by atoms with E-state index in [1.54, 1.807) is 23.9 Å². The zero-order valence-corrected chi connectivity index (χ0v) is 14.1. The summed E-state index contributed by atoms with van der Waals surface area (Å²) in [6.45, 7) is 1.71. The molecule has 0 bridgehead atoms. The fourth-order valence-electron chi connectivity index (χ4n) is 2.61. The SMILES string of the molecule is Cl.O=C1CCSc2ccc(C(=O)NCC3CNCC3O)cc2N1. The lowest BCUT2D eigenvalue weighted by Gasteiger charge is -2.15. The summed E-state index contributed by atoms with van der Waals surface area (Å²) in [5.74, 6) is 0.575. The number of rotatable bonds is 3. The minimum atomic E-state index is -0.414. The minimum Gasteiger partial charge on any atom is -0.391 e. The highest BCUT2D eigenvalue weighted by Gasteiger charge is 2.25. The lowest BCUT2D eigenvalue weighted by molar-refractivity contribution is -0.115. The van der Waals surface area contributed by atoms with Gasteiger partial charge in [-0.1, -0.05) is 0 Å². The molecule has 3 rings (SSSR count). The van der Waals surface area contributed by atoms with Crippen molar-refractivity contribution in [2.75, 3.05) is 30.7 Å². The number of aliphatic hydroxyl groups excluding tert-OH is 1. The van der Waals surface area contributed by atoms with E-state index in [2.05, 4.69) is 16.0 Å². The number of carbonyl (C=O) groups excluding carboxylic acids is 2. The van der Waals surface area contributed by atoms with Crippen LogP contribution in [0.5, 0.6) is 0 Å². The van der Waals surface area contributed by atoms with Gasteiger partial charge in [-0.25, -0.2) is 0 Å². The van der Waals surface area contributed by atoms with Crippen LogP contribution in [0.4, 0.5) is 5.69 Å². The number of fused-ring (bicyclic) bond motifs is 1. The maximum Gasteiger partial charge on any atom is 0.251 e. The van der Waals surface area contributed by atoms with Crippen LogP contribution < -0.4 is 16.0 Å². The van der Waals surface area contributed by atoms with Crippen molar-refractivity contribution in [2.45, 2.75) is 17.4 Å². The van der Waals surface area contributed by atoms with Crippen molar-refractivity contribution in [3.63, 3.8) is 0 Å². The van der Waals surface area contributed by atoms with E-state index < -0.39 is 6.10 Å². The van der Waals surface area contributed by atoms with Gasteiger partial charge in [-0.3, -0.25) is 9.59 Å². The zero-order chi connectivity index (χ0) is 15.5. The predicted octanol–water partition coefficient (Wildman–Crippen LogP) is 0.853. The molecule has 0 aromatic heterocycles. The summed E-state index contributed by atoms with van der Waals surface area (Å²) in [6, 6.07) is 5.35. The molecule has 2 heterocycles. The van der Waals surface area contributed by atoms with E-state index in [1.807, 2.05) is 6.07 Å². The number of nitrogens with one attached hydrogen (secondary N) is 3. The summed E-state index contributed by atoms with van der Waals surface area (Å²) in [6.07, 6.45) is 0.0658. The molecule has 6 nitrogen and oxygen atoms in total. The molecule has 1 saturated heterocycles. The van der Waals surface area contributed by atoms with E-state index in [4.69, 9.17) is 0 Å². The molecule has 4 N–H and O–H groups in total. The minimum absolute atomic E-state index is 0. The largest absolute Gasteiger partial charge is 0.391 e. The lowest BCUT2D eigenvalue weighted by atomic mass is 10.1. The molecular formula is C15H20ClN3O3S. The van der Waals surface area contributed by atoms with Crippen molar-refractivity contribution >= 4 is 41.7 Å². The summed E-state index contributed by atoms with van der Waals surface area (Å²) in [5.41, 5.74) is 1.21. The maximum atomic E-state index is 12.2. The highest BCUT2D eigenvalue weighted by molar-refractivity contribution is 7.99. The van der Waals surface area contributed by atoms with Crippen LogP contribution in [0, 0.1) is 5.92 Å². The molecule has 0 radical (unpaired) electrons. The second kappa shape index (κ2) is 8.01. The van der Waals surface area contributed by atoms with Crippen LogP contribution in [0.2, 0.25) is 0 Å². The standard InChI is InChI=1S/C15H19N3O3S.ClH/c19-12-8-16-6-10(12)7-17-15(21)9-1-2-13-11(5-9)18-14(20)3-4-22-13;/h1-2,5,10,12,16,19H,3-4,6-8H2,(H,17,21)(H,18,20);1H. The fraction of sp³-hybridized carbons (Fsp3) is 0.467. The van der Waals surface area contributed by atoms with Crippen molar-refractivity contribution in [3.05, 3.63) is 23.8 Å². The number of halogens is 1. The Hall–Kier alpha value is -1.28. The van der Waals surface area contributed by atoms with E-state index in [9.17, 15) is 14.7 Å². The Morgan fingerprint density at radius 3 is 2.96 bits per heavy atom. The molecule has 1 aromatic carbocycles. The van der Waals surface area contributed by atoms with Gasteiger partial charge in [0, 0.05) is 48.2 Å². The van der Waals surface area contributed by atoms with E-state index in [1.165, 1.54) is 0 Å². The lowest BCUT2D eigenvalue weighted by Crippen LogP contribution is -2.34. The second-order valence-corrected chi connectivity index (χ2v) is 6.69. The number of β-amino-alcohol motifs (C(OH)–C–C–N with tert-alkyl or cyclic N) is 1. The Morgan fingerprint density at radius 1 is 1.39 bits per heavy atom. The van der Waals surface area contributed by atoms with Crippen molar-refractivity contribution in [1.29, 1.82) is 0 Å². The second-order valence-electron chi connectivity index (χ2n) is 5.55. The zero-order valence-electron chi connectivity index (χ0n) is 12.5. The van der Waals surface area contributed by atoms with Crippen LogP contribution in [-0.2, 0) is 4.79 Å². The molecule has 2 unspecified atom stereocenters. The molecule has 1 aromatic rings. The third-order valence-electron chi connectivity index (χ3n) is 3.93. The maximum absolute atomic E-state index is 12.2. The van der Waals surface area contributed by atoms with Gasteiger partial charge in [-0.2, -0.15) is 0 Å². The van der Waals surface area contributed by atoms with Gasteiger partial charge in [0.25, 0.3) is 5.91 Å². The summed E-state index contributed by atoms with van der Waals surface area (Å²) < 4.78 is 0. The number of benzene rings is 1. The van der Waals surface area contributed by atoms with E-state index >= 15 is 0 Å². The summed E-state index contributed by atoms with van der Waals surface area (Å²) in [7, 11) is 0. The Balaban J connectivity index is 0.00000192. The molecular weight excluding hydrogens is 338 g/mol. The molecule has 2 aliphatic heterocycles. The highest BCUT2D eigenvalue weighted by Crippen LogP contribution is 2.31. The van der Waals surface area contributed by atoms with Gasteiger partial charge in [0.1, 0.15) is 0 Å². The molecule has 2 amide bonds. The van der Waals surface area contributed by atoms with Crippen molar-refractivity contribution < 1.29 is 14.7 Å². The smallest absolute Gasteiger partial charge is 0.251 e. The van der Waals surface area contributed by atoms with Gasteiger partial charge in [0.15, 0.2) is 0 Å². The number of aliphatic hydroxyl groups is 1. The first kappa shape index (κ1) is 18.1. The summed E-state index contributed by atoms with van der Waals surface area (Å²) >= 11 is 1.61. The Kier molecular flexibility index (Phi) is 6.29. The van der Waals surface area contributed by atoms with Crippen LogP contribution in [0.15, 0.2) is 23.1 Å². The normalized spacial score (nSPS) is 23.3. The van der Waals surface area contributed by atoms with E-state index in [0.29, 0.717) is 37.3 Å². The Bertz CT molecular complexity index is 599. The molecule has 8 heteroatoms. The first-order chi connectivity index (χ1) is 10.6. The number of amides is 2. The molecule has 23 heavy (non-hydrogen) atoms. The average molecular weight is 358 g/mol. The van der Waals surface area contributed by atoms with E-state index in [-0.39, 0.29) is 30.1 Å². The van der Waals surface area contributed by atoms with E-state index in [0.717, 1.165) is 10.6 Å². The quantitative estimate of drug-likeness (QED) is 0.644. The predicted molar refractivity (Wildman–Crippen MR) is 92.4 cm³/mol. The molecule has 0 saturated carbocycles. The van der Waals surface area contributed by atoms with Crippen molar-refractivity contribution in [2.24, 2.45) is 5.92 Å². The van der Waals surface area contributed by atoms with Gasteiger partial charge in [-0.05, 0) is 18.2 Å². The number of anilines is 1. The third-order valence-corrected chi connectivity index (χ3v) is 5.01. The molecule has 126 valence electrons. The van der Waals surface area contributed by atoms with Gasteiger partial charge >= 0.3 is 0 Å². The Morgan fingerprint density at radius 2 is 2.22 bits per heavy atom. The van der Waals surface area contributed by atoms with Gasteiger partial charge in [0.05, 0.1) is 11.8 Å². The van der Waals surface area contributed by atoms with Crippen LogP contribution in [0.3, 0.4) is 0 Å². The highest BCUT2D eigenvalue weighted by atomic mass is 35.5. The number of hydrogen-bond acceptors (Lipinski definition) is 5. The average Bonchev–Trinajstić information content (AvgIpc) is 2.81. The van der Waals surface area contributed by atoms with Crippen LogP contribution in [0.1, 0.15) is 16.8 Å². The molecule has 0 spiro atoms. The van der Waals surface area contributed by atoms with Crippen LogP contribution in [-0.4, -0.2) is 48.4 Å². The first-order valence-corrected chi connectivity index (χ1v) is 8.36. The van der Waals surface area contributed by atoms with Gasteiger partial charge < -0.3 is 21.1 Å². The first-order valence-electron chi connectivity index (χ1n) is 7.37. The van der Waals surface area contributed by atoms with Crippen molar-refractivity contribution in [3.8, 4) is 0 Å². The summed E-state index contributed by atoms with van der Waals surface area (Å²) in [4.78, 5) is 24.8. The van der Waals surface area contributed by atoms with Crippen LogP contribution >= 0.6 is 24.2 Å².